The van der Waals surface area contributed by atoms with Gasteiger partial charge in [0.15, 0.2) is 4.96 Å². The first-order valence-corrected chi connectivity index (χ1v) is 8.56. The fourth-order valence-electron chi connectivity index (χ4n) is 2.19. The van der Waals surface area contributed by atoms with E-state index >= 15 is 0 Å². The predicted octanol–water partition coefficient (Wildman–Crippen LogP) is 2.22. The Morgan fingerprint density at radius 2 is 2.26 bits per heavy atom. The van der Waals surface area contributed by atoms with Crippen molar-refractivity contribution in [1.29, 1.82) is 0 Å². The summed E-state index contributed by atoms with van der Waals surface area (Å²) < 4.78 is 2.19. The number of aryl methyl sites for hydroxylation is 2. The molecule has 1 unspecified atom stereocenters. The van der Waals surface area contributed by atoms with Crippen molar-refractivity contribution in [2.45, 2.75) is 32.9 Å². The highest BCUT2D eigenvalue weighted by Crippen LogP contribution is 2.20. The molecule has 0 aliphatic carbocycles. The highest BCUT2D eigenvalue weighted by atomic mass is 32.2. The molecule has 2 N–H and O–H groups in total. The highest BCUT2D eigenvalue weighted by Gasteiger charge is 2.19. The number of hydrogen-bond donors (Lipinski definition) is 2. The maximum Gasteiger partial charge on any atom is 0.194 e. The van der Waals surface area contributed by atoms with Crippen LogP contribution in [-0.2, 0) is 6.54 Å². The molecule has 0 aliphatic heterocycles. The molecule has 2 heterocycles. The SMILES string of the molecule is CSCC(C)(O)CNCc1c(C)nc2scc(C)n12. The van der Waals surface area contributed by atoms with Crippen LogP contribution in [0.4, 0.5) is 0 Å². The number of nitrogens with zero attached hydrogens (tertiary/aromatic N) is 2. The second-order valence-electron chi connectivity index (χ2n) is 5.17. The number of aromatic nitrogens is 2. The Hall–Kier alpha value is -0.560. The third-order valence-electron chi connectivity index (χ3n) is 3.08. The zero-order chi connectivity index (χ0) is 14.0. The summed E-state index contributed by atoms with van der Waals surface area (Å²) in [5.41, 5.74) is 2.80. The van der Waals surface area contributed by atoms with Crippen LogP contribution in [0.1, 0.15) is 24.0 Å². The average Bonchev–Trinajstić information content (AvgIpc) is 2.80. The number of fused-ring (bicyclic) bond motifs is 1. The summed E-state index contributed by atoms with van der Waals surface area (Å²) in [5, 5.41) is 15.6. The number of thioether (sulfide) groups is 1. The molecule has 0 aliphatic rings. The van der Waals surface area contributed by atoms with Crippen molar-refractivity contribution in [2.75, 3.05) is 18.6 Å². The van der Waals surface area contributed by atoms with E-state index in [2.05, 4.69) is 27.0 Å². The molecular formula is C13H21N3OS2. The van der Waals surface area contributed by atoms with E-state index in [0.717, 1.165) is 23.0 Å². The van der Waals surface area contributed by atoms with Crippen LogP contribution in [0.15, 0.2) is 5.38 Å². The summed E-state index contributed by atoms with van der Waals surface area (Å²) in [7, 11) is 0. The standard InChI is InChI=1S/C13H21N3OS2/c1-9-6-19-12-15-10(2)11(16(9)12)5-14-7-13(3,17)8-18-4/h6,14,17H,5,7-8H2,1-4H3. The minimum atomic E-state index is -0.666. The normalized spacial score (nSPS) is 15.0. The lowest BCUT2D eigenvalue weighted by Gasteiger charge is -2.22. The van der Waals surface area contributed by atoms with Gasteiger partial charge in [0.2, 0.25) is 0 Å². The number of nitrogens with one attached hydrogen (secondary N) is 1. The zero-order valence-corrected chi connectivity index (χ0v) is 13.5. The van der Waals surface area contributed by atoms with E-state index in [-0.39, 0.29) is 0 Å². The van der Waals surface area contributed by atoms with Gasteiger partial charge in [-0.15, -0.1) is 11.3 Å². The van der Waals surface area contributed by atoms with Gasteiger partial charge in [-0.25, -0.2) is 4.98 Å². The van der Waals surface area contributed by atoms with Gasteiger partial charge in [0, 0.05) is 29.9 Å². The first-order chi connectivity index (χ1) is 8.94. The van der Waals surface area contributed by atoms with Crippen molar-refractivity contribution in [3.8, 4) is 0 Å². The Labute approximate surface area is 122 Å². The molecule has 2 rings (SSSR count). The first-order valence-electron chi connectivity index (χ1n) is 6.28. The van der Waals surface area contributed by atoms with Crippen LogP contribution in [0.2, 0.25) is 0 Å². The van der Waals surface area contributed by atoms with Crippen LogP contribution in [0.25, 0.3) is 4.96 Å². The van der Waals surface area contributed by atoms with Crippen molar-refractivity contribution < 1.29 is 5.11 Å². The minimum Gasteiger partial charge on any atom is -0.388 e. The molecule has 6 heteroatoms. The van der Waals surface area contributed by atoms with Gasteiger partial charge >= 0.3 is 0 Å². The smallest absolute Gasteiger partial charge is 0.194 e. The van der Waals surface area contributed by atoms with E-state index in [1.165, 1.54) is 11.4 Å². The van der Waals surface area contributed by atoms with Crippen molar-refractivity contribution in [3.05, 3.63) is 22.5 Å². The van der Waals surface area contributed by atoms with Gasteiger partial charge in [0.1, 0.15) is 0 Å². The van der Waals surface area contributed by atoms with Crippen LogP contribution in [0.5, 0.6) is 0 Å². The number of imidazole rings is 1. The quantitative estimate of drug-likeness (QED) is 0.859. The largest absolute Gasteiger partial charge is 0.388 e. The summed E-state index contributed by atoms with van der Waals surface area (Å²) in [6.45, 7) is 7.32. The lowest BCUT2D eigenvalue weighted by atomic mass is 10.1. The molecule has 2 aromatic heterocycles. The predicted molar refractivity (Wildman–Crippen MR) is 83.3 cm³/mol. The number of thiazole rings is 1. The van der Waals surface area contributed by atoms with Gasteiger partial charge in [0.05, 0.1) is 17.0 Å². The molecule has 0 aromatic carbocycles. The van der Waals surface area contributed by atoms with Gasteiger partial charge < -0.3 is 10.4 Å². The van der Waals surface area contributed by atoms with E-state index in [4.69, 9.17) is 0 Å². The molecule has 106 valence electrons. The van der Waals surface area contributed by atoms with Crippen LogP contribution < -0.4 is 5.32 Å². The lowest BCUT2D eigenvalue weighted by Crippen LogP contribution is -2.39. The zero-order valence-electron chi connectivity index (χ0n) is 11.9. The Kier molecular flexibility index (Phi) is 4.55. The lowest BCUT2D eigenvalue weighted by molar-refractivity contribution is 0.0844. The van der Waals surface area contributed by atoms with E-state index in [0.29, 0.717) is 6.54 Å². The molecule has 0 fully saturated rings. The van der Waals surface area contributed by atoms with Gasteiger partial charge in [-0.3, -0.25) is 4.40 Å². The van der Waals surface area contributed by atoms with Crippen LogP contribution in [0.3, 0.4) is 0 Å². The molecular weight excluding hydrogens is 278 g/mol. The highest BCUT2D eigenvalue weighted by molar-refractivity contribution is 7.98. The first kappa shape index (κ1) is 14.8. The van der Waals surface area contributed by atoms with Gasteiger partial charge in [-0.2, -0.15) is 11.8 Å². The Balaban J connectivity index is 2.05. The van der Waals surface area contributed by atoms with Crippen LogP contribution in [0, 0.1) is 13.8 Å². The van der Waals surface area contributed by atoms with Crippen molar-refractivity contribution in [1.82, 2.24) is 14.7 Å². The molecule has 1 atom stereocenters. The number of aliphatic hydroxyl groups is 1. The molecule has 19 heavy (non-hydrogen) atoms. The van der Waals surface area contributed by atoms with Crippen LogP contribution >= 0.6 is 23.1 Å². The Bertz CT molecular complexity index is 559. The molecule has 0 radical (unpaired) electrons. The van der Waals surface area contributed by atoms with Gasteiger partial charge in [0.25, 0.3) is 0 Å². The molecule has 4 nitrogen and oxygen atoms in total. The monoisotopic (exact) mass is 299 g/mol. The minimum absolute atomic E-state index is 0.587. The molecule has 0 spiro atoms. The Morgan fingerprint density at radius 1 is 1.53 bits per heavy atom. The third kappa shape index (κ3) is 3.31. The van der Waals surface area contributed by atoms with E-state index in [1.54, 1.807) is 23.1 Å². The van der Waals surface area contributed by atoms with Gasteiger partial charge in [-0.05, 0) is 27.0 Å². The Morgan fingerprint density at radius 3 is 2.95 bits per heavy atom. The summed E-state index contributed by atoms with van der Waals surface area (Å²) in [4.78, 5) is 5.60. The molecule has 0 amide bonds. The summed E-state index contributed by atoms with van der Waals surface area (Å²) >= 11 is 3.33. The number of hydrogen-bond acceptors (Lipinski definition) is 5. The van der Waals surface area contributed by atoms with Crippen molar-refractivity contribution in [2.24, 2.45) is 0 Å². The summed E-state index contributed by atoms with van der Waals surface area (Å²) in [6, 6.07) is 0. The van der Waals surface area contributed by atoms with E-state index in [9.17, 15) is 5.11 Å². The summed E-state index contributed by atoms with van der Waals surface area (Å²) in [6.07, 6.45) is 2.01. The average molecular weight is 299 g/mol. The third-order valence-corrected chi connectivity index (χ3v) is 4.94. The molecule has 0 saturated carbocycles. The van der Waals surface area contributed by atoms with Crippen molar-refractivity contribution in [3.63, 3.8) is 0 Å². The van der Waals surface area contributed by atoms with E-state index in [1.807, 2.05) is 20.1 Å². The second-order valence-corrected chi connectivity index (χ2v) is 6.88. The number of rotatable bonds is 6. The topological polar surface area (TPSA) is 49.6 Å². The maximum atomic E-state index is 10.1. The van der Waals surface area contributed by atoms with E-state index < -0.39 is 5.60 Å². The maximum absolute atomic E-state index is 10.1. The fraction of sp³-hybridized carbons (Fsp3) is 0.615. The molecule has 0 saturated heterocycles. The van der Waals surface area contributed by atoms with Crippen LogP contribution in [-0.4, -0.2) is 38.6 Å². The molecule has 2 aromatic rings. The fourth-order valence-corrected chi connectivity index (χ4v) is 3.84. The summed E-state index contributed by atoms with van der Waals surface area (Å²) in [5.74, 6) is 0.734. The molecule has 0 bridgehead atoms. The second kappa shape index (κ2) is 5.83. The van der Waals surface area contributed by atoms with Gasteiger partial charge in [-0.1, -0.05) is 0 Å². The van der Waals surface area contributed by atoms with Crippen molar-refractivity contribution >= 4 is 28.1 Å².